The number of nitrogens with zero attached hydrogens (tertiary/aromatic N) is 2. The van der Waals surface area contributed by atoms with E-state index in [0.717, 1.165) is 36.4 Å². The van der Waals surface area contributed by atoms with Crippen LogP contribution in [0.25, 0.3) is 5.76 Å². The lowest BCUT2D eigenvalue weighted by atomic mass is 9.92. The van der Waals surface area contributed by atoms with Crippen LogP contribution in [0.1, 0.15) is 68.8 Å². The zero-order chi connectivity index (χ0) is 25.3. The average molecular weight is 477 g/mol. The summed E-state index contributed by atoms with van der Waals surface area (Å²) in [5.41, 5.74) is 3.69. The van der Waals surface area contributed by atoms with Gasteiger partial charge in [0.05, 0.1) is 11.6 Å². The van der Waals surface area contributed by atoms with Crippen molar-refractivity contribution in [2.24, 2.45) is 0 Å². The number of fused-ring (bicyclic) bond motifs is 1. The van der Waals surface area contributed by atoms with Gasteiger partial charge in [0.15, 0.2) is 0 Å². The standard InChI is InChI=1S/C29H36N2O4/c1-6-30(7-2)14-15-31-26(21-10-8-20(9-11-21)18(3)4)25(28(33)29(31)34)27(32)22-12-13-24-23(17-22)16-19(5)35-24/h8-13,17-19,26,32H,6-7,14-16H2,1-5H3/t19-,26+/m0/s1. The number of ketones is 1. The Morgan fingerprint density at radius 2 is 1.80 bits per heavy atom. The number of aliphatic hydroxyl groups is 1. The van der Waals surface area contributed by atoms with Gasteiger partial charge in [-0.25, -0.2) is 0 Å². The highest BCUT2D eigenvalue weighted by Crippen LogP contribution is 2.40. The molecule has 2 aromatic carbocycles. The summed E-state index contributed by atoms with van der Waals surface area (Å²) in [7, 11) is 0. The van der Waals surface area contributed by atoms with Crippen LogP contribution in [0.5, 0.6) is 5.75 Å². The lowest BCUT2D eigenvalue weighted by molar-refractivity contribution is -0.140. The first-order valence-electron chi connectivity index (χ1n) is 12.7. The molecule has 6 nitrogen and oxygen atoms in total. The molecule has 35 heavy (non-hydrogen) atoms. The maximum Gasteiger partial charge on any atom is 0.295 e. The molecule has 0 radical (unpaired) electrons. The molecule has 1 saturated heterocycles. The number of ether oxygens (including phenoxy) is 1. The second kappa shape index (κ2) is 10.2. The molecule has 6 heteroatoms. The number of carbonyl (C=O) groups is 2. The van der Waals surface area contributed by atoms with Gasteiger partial charge >= 0.3 is 0 Å². The van der Waals surface area contributed by atoms with E-state index in [1.165, 1.54) is 5.56 Å². The molecular formula is C29H36N2O4. The molecule has 0 aromatic heterocycles. The summed E-state index contributed by atoms with van der Waals surface area (Å²) < 4.78 is 5.79. The summed E-state index contributed by atoms with van der Waals surface area (Å²) in [5.74, 6) is -0.155. The van der Waals surface area contributed by atoms with Gasteiger partial charge in [0.1, 0.15) is 17.6 Å². The van der Waals surface area contributed by atoms with E-state index in [4.69, 9.17) is 4.74 Å². The molecule has 2 heterocycles. The first-order chi connectivity index (χ1) is 16.7. The van der Waals surface area contributed by atoms with Gasteiger partial charge in [0.2, 0.25) is 0 Å². The van der Waals surface area contributed by atoms with Gasteiger partial charge in [0.25, 0.3) is 11.7 Å². The fraction of sp³-hybridized carbons (Fsp3) is 0.448. The van der Waals surface area contributed by atoms with Crippen LogP contribution in [-0.2, 0) is 16.0 Å². The lowest BCUT2D eigenvalue weighted by Crippen LogP contribution is -2.38. The van der Waals surface area contributed by atoms with Crippen LogP contribution in [0.4, 0.5) is 0 Å². The van der Waals surface area contributed by atoms with Gasteiger partial charge < -0.3 is 19.6 Å². The summed E-state index contributed by atoms with van der Waals surface area (Å²) in [5, 5.41) is 11.4. The van der Waals surface area contributed by atoms with Crippen molar-refractivity contribution in [2.75, 3.05) is 26.2 Å². The monoisotopic (exact) mass is 476 g/mol. The average Bonchev–Trinajstić information content (AvgIpc) is 3.35. The van der Waals surface area contributed by atoms with Crippen LogP contribution >= 0.6 is 0 Å². The van der Waals surface area contributed by atoms with Crippen LogP contribution in [0.2, 0.25) is 0 Å². The number of hydrogen-bond donors (Lipinski definition) is 1. The van der Waals surface area contributed by atoms with Gasteiger partial charge in [-0.3, -0.25) is 9.59 Å². The summed E-state index contributed by atoms with van der Waals surface area (Å²) in [6, 6.07) is 12.9. The number of aliphatic hydroxyl groups excluding tert-OH is 1. The molecule has 4 rings (SSSR count). The minimum Gasteiger partial charge on any atom is -0.507 e. The van der Waals surface area contributed by atoms with Crippen molar-refractivity contribution in [2.45, 2.75) is 59.1 Å². The van der Waals surface area contributed by atoms with Crippen molar-refractivity contribution in [3.63, 3.8) is 0 Å². The van der Waals surface area contributed by atoms with Gasteiger partial charge in [-0.15, -0.1) is 0 Å². The fourth-order valence-electron chi connectivity index (χ4n) is 5.03. The van der Waals surface area contributed by atoms with Gasteiger partial charge in [0, 0.05) is 25.1 Å². The Morgan fingerprint density at radius 1 is 1.11 bits per heavy atom. The molecule has 2 aliphatic heterocycles. The lowest BCUT2D eigenvalue weighted by Gasteiger charge is -2.28. The molecule has 0 unspecified atom stereocenters. The van der Waals surface area contributed by atoms with E-state index in [1.54, 1.807) is 11.0 Å². The van der Waals surface area contributed by atoms with Gasteiger partial charge in [-0.2, -0.15) is 0 Å². The first-order valence-corrected chi connectivity index (χ1v) is 12.7. The highest BCUT2D eigenvalue weighted by Gasteiger charge is 2.46. The zero-order valence-electron chi connectivity index (χ0n) is 21.4. The van der Waals surface area contributed by atoms with Crippen molar-refractivity contribution in [1.82, 2.24) is 9.80 Å². The Balaban J connectivity index is 1.78. The number of likely N-dealkylation sites (tertiary alicyclic amines) is 1. The second-order valence-corrected chi connectivity index (χ2v) is 9.80. The van der Waals surface area contributed by atoms with Crippen molar-refractivity contribution in [3.8, 4) is 5.75 Å². The number of carbonyl (C=O) groups excluding carboxylic acids is 2. The van der Waals surface area contributed by atoms with E-state index >= 15 is 0 Å². The van der Waals surface area contributed by atoms with E-state index in [2.05, 4.69) is 32.6 Å². The van der Waals surface area contributed by atoms with Crippen molar-refractivity contribution < 1.29 is 19.4 Å². The van der Waals surface area contributed by atoms with Crippen molar-refractivity contribution >= 4 is 17.4 Å². The minimum absolute atomic E-state index is 0.0764. The number of hydrogen-bond acceptors (Lipinski definition) is 5. The third kappa shape index (κ3) is 4.85. The maximum atomic E-state index is 13.3. The highest BCUT2D eigenvalue weighted by atomic mass is 16.5. The SMILES string of the molecule is CCN(CC)CCN1C(=O)C(=O)C(=C(O)c2ccc3c(c2)C[C@H](C)O3)[C@H]1c1ccc(C(C)C)cc1. The Kier molecular flexibility index (Phi) is 7.31. The van der Waals surface area contributed by atoms with E-state index in [1.807, 2.05) is 43.3 Å². The summed E-state index contributed by atoms with van der Waals surface area (Å²) in [4.78, 5) is 30.4. The molecule has 1 N–H and O–H groups in total. The second-order valence-electron chi connectivity index (χ2n) is 9.80. The molecule has 2 aromatic rings. The molecule has 186 valence electrons. The summed E-state index contributed by atoms with van der Waals surface area (Å²) >= 11 is 0. The van der Waals surface area contributed by atoms with Crippen molar-refractivity contribution in [1.29, 1.82) is 0 Å². The largest absolute Gasteiger partial charge is 0.507 e. The van der Waals surface area contributed by atoms with Gasteiger partial charge in [-0.05, 0) is 60.8 Å². The molecular weight excluding hydrogens is 440 g/mol. The summed E-state index contributed by atoms with van der Waals surface area (Å²) in [6.45, 7) is 13.2. The molecule has 2 aliphatic rings. The predicted octanol–water partition coefficient (Wildman–Crippen LogP) is 4.90. The Hall–Kier alpha value is -3.12. The third-order valence-electron chi connectivity index (χ3n) is 7.18. The highest BCUT2D eigenvalue weighted by molar-refractivity contribution is 6.46. The summed E-state index contributed by atoms with van der Waals surface area (Å²) in [6.07, 6.45) is 0.821. The predicted molar refractivity (Wildman–Crippen MR) is 138 cm³/mol. The molecule has 0 spiro atoms. The minimum atomic E-state index is -0.634. The molecule has 1 amide bonds. The number of Topliss-reactive ketones (excluding diaryl/α,β-unsaturated/α-hetero) is 1. The Labute approximate surface area is 208 Å². The van der Waals surface area contributed by atoms with E-state index < -0.39 is 17.7 Å². The van der Waals surface area contributed by atoms with Crippen LogP contribution in [0.3, 0.4) is 0 Å². The van der Waals surface area contributed by atoms with Crippen LogP contribution in [-0.4, -0.2) is 58.9 Å². The molecule has 0 saturated carbocycles. The molecule has 1 fully saturated rings. The van der Waals surface area contributed by atoms with Crippen LogP contribution < -0.4 is 4.74 Å². The van der Waals surface area contributed by atoms with E-state index in [0.29, 0.717) is 24.6 Å². The van der Waals surface area contributed by atoms with E-state index in [9.17, 15) is 14.7 Å². The molecule has 0 aliphatic carbocycles. The first kappa shape index (κ1) is 25.0. The Morgan fingerprint density at radius 3 is 2.43 bits per heavy atom. The maximum absolute atomic E-state index is 13.3. The van der Waals surface area contributed by atoms with Gasteiger partial charge in [-0.1, -0.05) is 52.0 Å². The fourth-order valence-corrected chi connectivity index (χ4v) is 5.03. The number of likely N-dealkylation sites (N-methyl/N-ethyl adjacent to an activating group) is 1. The van der Waals surface area contributed by atoms with E-state index in [-0.39, 0.29) is 17.4 Å². The smallest absolute Gasteiger partial charge is 0.295 e. The number of rotatable bonds is 8. The van der Waals surface area contributed by atoms with Crippen molar-refractivity contribution in [3.05, 3.63) is 70.3 Å². The topological polar surface area (TPSA) is 70.1 Å². The molecule has 0 bridgehead atoms. The number of amides is 1. The quantitative estimate of drug-likeness (QED) is 0.334. The Bertz CT molecular complexity index is 1130. The molecule has 2 atom stereocenters. The van der Waals surface area contributed by atoms with Crippen LogP contribution in [0, 0.1) is 0 Å². The zero-order valence-corrected chi connectivity index (χ0v) is 21.4. The normalized spacial score (nSPS) is 21.2. The third-order valence-corrected chi connectivity index (χ3v) is 7.18. The van der Waals surface area contributed by atoms with Crippen LogP contribution in [0.15, 0.2) is 48.0 Å². The number of benzene rings is 2.